The minimum Gasteiger partial charge on any atom is -0.465 e. The largest absolute Gasteiger partial charge is 0.465 e. The van der Waals surface area contributed by atoms with Crippen LogP contribution in [0.4, 0.5) is 0 Å². The fraction of sp³-hybridized carbons (Fsp3) is 0.105. The summed E-state index contributed by atoms with van der Waals surface area (Å²) in [5, 5.41) is 0.770. The Kier molecular flexibility index (Phi) is 4.90. The SMILES string of the molecule is COC(=O)c1ccc(OC(=O)c2sc(-c3ccccc3)nc2C)cc1. The predicted octanol–water partition coefficient (Wildman–Crippen LogP) is 4.12. The monoisotopic (exact) mass is 353 g/mol. The lowest BCUT2D eigenvalue weighted by molar-refractivity contribution is 0.0600. The summed E-state index contributed by atoms with van der Waals surface area (Å²) in [6, 6.07) is 15.9. The van der Waals surface area contributed by atoms with Crippen molar-refractivity contribution in [3.63, 3.8) is 0 Å². The van der Waals surface area contributed by atoms with Gasteiger partial charge in [0.15, 0.2) is 0 Å². The molecule has 0 radical (unpaired) electrons. The van der Waals surface area contributed by atoms with E-state index >= 15 is 0 Å². The van der Waals surface area contributed by atoms with E-state index in [2.05, 4.69) is 9.72 Å². The molecule has 6 heteroatoms. The number of carbonyl (C=O) groups excluding carboxylic acids is 2. The fourth-order valence-corrected chi connectivity index (χ4v) is 3.17. The van der Waals surface area contributed by atoms with Gasteiger partial charge in [0.05, 0.1) is 18.4 Å². The highest BCUT2D eigenvalue weighted by molar-refractivity contribution is 7.17. The number of thiazole rings is 1. The van der Waals surface area contributed by atoms with Gasteiger partial charge in [-0.3, -0.25) is 0 Å². The van der Waals surface area contributed by atoms with Crippen molar-refractivity contribution in [2.75, 3.05) is 7.11 Å². The first kappa shape index (κ1) is 16.9. The van der Waals surface area contributed by atoms with Gasteiger partial charge in [0, 0.05) is 5.56 Å². The van der Waals surface area contributed by atoms with Crippen LogP contribution in [0.1, 0.15) is 25.7 Å². The highest BCUT2D eigenvalue weighted by Gasteiger charge is 2.18. The molecule has 0 N–H and O–H groups in total. The van der Waals surface area contributed by atoms with Crippen LogP contribution in [-0.4, -0.2) is 24.0 Å². The van der Waals surface area contributed by atoms with Gasteiger partial charge in [-0.05, 0) is 31.2 Å². The molecule has 0 saturated heterocycles. The highest BCUT2D eigenvalue weighted by Crippen LogP contribution is 2.28. The molecule has 1 heterocycles. The van der Waals surface area contributed by atoms with E-state index in [0.29, 0.717) is 21.9 Å². The summed E-state index contributed by atoms with van der Waals surface area (Å²) in [6.07, 6.45) is 0. The van der Waals surface area contributed by atoms with Gasteiger partial charge >= 0.3 is 11.9 Å². The van der Waals surface area contributed by atoms with Crippen LogP contribution in [0.15, 0.2) is 54.6 Å². The van der Waals surface area contributed by atoms with E-state index < -0.39 is 11.9 Å². The van der Waals surface area contributed by atoms with E-state index in [1.54, 1.807) is 31.2 Å². The molecule has 25 heavy (non-hydrogen) atoms. The molecule has 3 aromatic rings. The predicted molar refractivity (Wildman–Crippen MR) is 95.0 cm³/mol. The first-order valence-corrected chi connectivity index (χ1v) is 8.33. The van der Waals surface area contributed by atoms with E-state index in [0.717, 1.165) is 10.6 Å². The lowest BCUT2D eigenvalue weighted by Crippen LogP contribution is -2.08. The molecule has 0 aliphatic rings. The summed E-state index contributed by atoms with van der Waals surface area (Å²) in [4.78, 5) is 28.7. The molecule has 1 aromatic heterocycles. The van der Waals surface area contributed by atoms with Gasteiger partial charge in [-0.1, -0.05) is 30.3 Å². The Hall–Kier alpha value is -2.99. The van der Waals surface area contributed by atoms with Crippen molar-refractivity contribution in [2.24, 2.45) is 0 Å². The zero-order valence-corrected chi connectivity index (χ0v) is 14.5. The van der Waals surface area contributed by atoms with E-state index in [4.69, 9.17) is 4.74 Å². The second kappa shape index (κ2) is 7.27. The molecule has 0 fully saturated rings. The standard InChI is InChI=1S/C19H15NO4S/c1-12-16(25-17(20-12)13-6-4-3-5-7-13)19(22)24-15-10-8-14(9-11-15)18(21)23-2/h3-11H,1-2H3. The maximum atomic E-state index is 12.4. The smallest absolute Gasteiger partial charge is 0.355 e. The highest BCUT2D eigenvalue weighted by atomic mass is 32.1. The number of ether oxygens (including phenoxy) is 2. The number of esters is 2. The first-order valence-electron chi connectivity index (χ1n) is 7.52. The van der Waals surface area contributed by atoms with Crippen LogP contribution in [0.2, 0.25) is 0 Å². The maximum Gasteiger partial charge on any atom is 0.355 e. The summed E-state index contributed by atoms with van der Waals surface area (Å²) in [5.74, 6) is -0.557. The molecule has 126 valence electrons. The minimum absolute atomic E-state index is 0.353. The van der Waals surface area contributed by atoms with Gasteiger partial charge in [-0.25, -0.2) is 14.6 Å². The number of hydrogen-bond donors (Lipinski definition) is 0. The molecule has 5 nitrogen and oxygen atoms in total. The Labute approximate surface area is 148 Å². The van der Waals surface area contributed by atoms with Crippen LogP contribution in [0.5, 0.6) is 5.75 Å². The summed E-state index contributed by atoms with van der Waals surface area (Å²) < 4.78 is 10.0. The lowest BCUT2D eigenvalue weighted by atomic mass is 10.2. The van der Waals surface area contributed by atoms with E-state index in [1.165, 1.54) is 18.4 Å². The molecule has 0 amide bonds. The van der Waals surface area contributed by atoms with Crippen LogP contribution >= 0.6 is 11.3 Å². The second-order valence-electron chi connectivity index (χ2n) is 5.21. The van der Waals surface area contributed by atoms with Gasteiger partial charge in [0.2, 0.25) is 0 Å². The number of nitrogens with zero attached hydrogens (tertiary/aromatic N) is 1. The molecule has 3 rings (SSSR count). The summed E-state index contributed by atoms with van der Waals surface area (Å²) >= 11 is 1.29. The van der Waals surface area contributed by atoms with Crippen molar-refractivity contribution in [3.05, 3.63) is 70.7 Å². The third-order valence-corrected chi connectivity index (χ3v) is 4.68. The molecule has 0 unspecified atom stereocenters. The third-order valence-electron chi connectivity index (χ3n) is 3.49. The van der Waals surface area contributed by atoms with Crippen LogP contribution in [0.3, 0.4) is 0 Å². The number of benzene rings is 2. The average molecular weight is 353 g/mol. The van der Waals surface area contributed by atoms with Crippen LogP contribution in [0.25, 0.3) is 10.6 Å². The Bertz CT molecular complexity index is 901. The van der Waals surface area contributed by atoms with Crippen molar-refractivity contribution < 1.29 is 19.1 Å². The molecule has 0 atom stereocenters. The molecular weight excluding hydrogens is 338 g/mol. The topological polar surface area (TPSA) is 65.5 Å². The van der Waals surface area contributed by atoms with Gasteiger partial charge in [0.1, 0.15) is 15.6 Å². The van der Waals surface area contributed by atoms with Crippen LogP contribution < -0.4 is 4.74 Å². The van der Waals surface area contributed by atoms with Crippen molar-refractivity contribution in [3.8, 4) is 16.3 Å². The van der Waals surface area contributed by atoms with Crippen LogP contribution in [0, 0.1) is 6.92 Å². The maximum absolute atomic E-state index is 12.4. The summed E-state index contributed by atoms with van der Waals surface area (Å²) in [7, 11) is 1.31. The number of methoxy groups -OCH3 is 1. The van der Waals surface area contributed by atoms with Gasteiger partial charge in [0.25, 0.3) is 0 Å². The number of carbonyl (C=O) groups is 2. The quantitative estimate of drug-likeness (QED) is 0.521. The zero-order valence-electron chi connectivity index (χ0n) is 13.7. The molecule has 0 spiro atoms. The number of aryl methyl sites for hydroxylation is 1. The van der Waals surface area contributed by atoms with Crippen molar-refractivity contribution in [1.29, 1.82) is 0 Å². The lowest BCUT2D eigenvalue weighted by Gasteiger charge is -2.04. The van der Waals surface area contributed by atoms with E-state index in [9.17, 15) is 9.59 Å². The van der Waals surface area contributed by atoms with E-state index in [1.807, 2.05) is 30.3 Å². The second-order valence-corrected chi connectivity index (χ2v) is 6.20. The fourth-order valence-electron chi connectivity index (χ4n) is 2.22. The van der Waals surface area contributed by atoms with Gasteiger partial charge < -0.3 is 9.47 Å². The average Bonchev–Trinajstić information content (AvgIpc) is 3.04. The molecule has 0 aliphatic carbocycles. The van der Waals surface area contributed by atoms with Gasteiger partial charge in [-0.15, -0.1) is 11.3 Å². The first-order chi connectivity index (χ1) is 12.1. The van der Waals surface area contributed by atoms with Crippen molar-refractivity contribution in [2.45, 2.75) is 6.92 Å². The Balaban J connectivity index is 1.78. The van der Waals surface area contributed by atoms with Crippen molar-refractivity contribution >= 4 is 23.3 Å². The van der Waals surface area contributed by atoms with E-state index in [-0.39, 0.29) is 0 Å². The zero-order chi connectivity index (χ0) is 17.8. The molecule has 0 saturated carbocycles. The number of aromatic nitrogens is 1. The Morgan fingerprint density at radius 2 is 1.64 bits per heavy atom. The van der Waals surface area contributed by atoms with Crippen molar-refractivity contribution in [1.82, 2.24) is 4.98 Å². The molecule has 0 aliphatic heterocycles. The van der Waals surface area contributed by atoms with Crippen LogP contribution in [-0.2, 0) is 4.74 Å². The summed E-state index contributed by atoms with van der Waals surface area (Å²) in [6.45, 7) is 1.78. The third kappa shape index (κ3) is 3.75. The minimum atomic E-state index is -0.469. The molecule has 0 bridgehead atoms. The molecular formula is C19H15NO4S. The molecule has 2 aromatic carbocycles. The number of hydrogen-bond acceptors (Lipinski definition) is 6. The normalized spacial score (nSPS) is 10.3. The van der Waals surface area contributed by atoms with Gasteiger partial charge in [-0.2, -0.15) is 0 Å². The summed E-state index contributed by atoms with van der Waals surface area (Å²) in [5.41, 5.74) is 1.97. The number of rotatable bonds is 4. The Morgan fingerprint density at radius 3 is 2.28 bits per heavy atom. The Morgan fingerprint density at radius 1 is 0.960 bits per heavy atom.